The van der Waals surface area contributed by atoms with Gasteiger partial charge in [0.2, 0.25) is 0 Å². The summed E-state index contributed by atoms with van der Waals surface area (Å²) < 4.78 is 17.0. The van der Waals surface area contributed by atoms with Crippen LogP contribution >= 0.6 is 0 Å². The first kappa shape index (κ1) is 21.5. The van der Waals surface area contributed by atoms with Gasteiger partial charge in [0.1, 0.15) is 5.75 Å². The van der Waals surface area contributed by atoms with E-state index in [4.69, 9.17) is 14.2 Å². The smallest absolute Gasteiger partial charge is 0.191 e. The number of ether oxygens (including phenoxy) is 3. The van der Waals surface area contributed by atoms with Gasteiger partial charge in [-0.25, -0.2) is 0 Å². The minimum Gasteiger partial charge on any atom is -0.494 e. The quantitative estimate of drug-likeness (QED) is 0.333. The molecule has 1 fully saturated rings. The first-order valence-electron chi connectivity index (χ1n) is 10.2. The van der Waals surface area contributed by atoms with Crippen LogP contribution < -0.4 is 15.4 Å². The molecule has 0 aliphatic carbocycles. The Labute approximate surface area is 163 Å². The molecular weight excluding hydrogens is 342 g/mol. The molecular formula is C21H35N3O3. The third-order valence-corrected chi connectivity index (χ3v) is 4.29. The molecule has 6 nitrogen and oxygen atoms in total. The number of hydrogen-bond donors (Lipinski definition) is 2. The third kappa shape index (κ3) is 9.63. The zero-order valence-electron chi connectivity index (χ0n) is 16.8. The van der Waals surface area contributed by atoms with Crippen LogP contribution in [0.1, 0.15) is 38.2 Å². The van der Waals surface area contributed by atoms with E-state index < -0.39 is 0 Å². The van der Waals surface area contributed by atoms with Crippen LogP contribution in [0.5, 0.6) is 5.75 Å². The Morgan fingerprint density at radius 2 is 2.04 bits per heavy atom. The lowest BCUT2D eigenvalue weighted by Gasteiger charge is -2.12. The summed E-state index contributed by atoms with van der Waals surface area (Å²) >= 11 is 0. The molecule has 27 heavy (non-hydrogen) atoms. The summed E-state index contributed by atoms with van der Waals surface area (Å²) in [5, 5.41) is 6.62. The second kappa shape index (κ2) is 13.4. The number of hydrogen-bond acceptors (Lipinski definition) is 4. The standard InChI is InChI=1S/C21H35N3O3/c1-3-22-21(23-12-5-14-25-17-20-7-4-15-27-20)24-13-6-16-26-19-10-8-18(2)9-11-19/h8-11,20H,3-7,12-17H2,1-2H3,(H2,22,23,24). The van der Waals surface area contributed by atoms with Gasteiger partial charge in [-0.1, -0.05) is 17.7 Å². The van der Waals surface area contributed by atoms with E-state index in [1.165, 1.54) is 5.56 Å². The summed E-state index contributed by atoms with van der Waals surface area (Å²) in [5.74, 6) is 1.77. The van der Waals surface area contributed by atoms with Crippen molar-refractivity contribution in [1.82, 2.24) is 10.6 Å². The largest absolute Gasteiger partial charge is 0.494 e. The summed E-state index contributed by atoms with van der Waals surface area (Å²) in [4.78, 5) is 4.59. The number of nitrogens with one attached hydrogen (secondary N) is 2. The minimum absolute atomic E-state index is 0.305. The lowest BCUT2D eigenvalue weighted by Crippen LogP contribution is -2.38. The van der Waals surface area contributed by atoms with Gasteiger partial charge >= 0.3 is 0 Å². The number of guanidine groups is 1. The predicted octanol–water partition coefficient (Wildman–Crippen LogP) is 2.90. The molecule has 1 aliphatic rings. The summed E-state index contributed by atoms with van der Waals surface area (Å²) in [5.41, 5.74) is 1.24. The molecule has 1 aromatic carbocycles. The summed E-state index contributed by atoms with van der Waals surface area (Å²) in [6, 6.07) is 8.13. The van der Waals surface area contributed by atoms with Crippen molar-refractivity contribution in [1.29, 1.82) is 0 Å². The molecule has 0 amide bonds. The van der Waals surface area contributed by atoms with E-state index in [2.05, 4.69) is 41.6 Å². The molecule has 0 bridgehead atoms. The van der Waals surface area contributed by atoms with Crippen LogP contribution in [0, 0.1) is 6.92 Å². The van der Waals surface area contributed by atoms with Gasteiger partial charge in [-0.2, -0.15) is 0 Å². The fraction of sp³-hybridized carbons (Fsp3) is 0.667. The average molecular weight is 378 g/mol. The Balaban J connectivity index is 1.52. The van der Waals surface area contributed by atoms with Crippen LogP contribution in [0.3, 0.4) is 0 Å². The van der Waals surface area contributed by atoms with Gasteiger partial charge in [0.15, 0.2) is 5.96 Å². The van der Waals surface area contributed by atoms with E-state index in [0.29, 0.717) is 12.7 Å². The molecule has 0 saturated carbocycles. The van der Waals surface area contributed by atoms with Crippen LogP contribution in [0.15, 0.2) is 29.3 Å². The topological polar surface area (TPSA) is 64.1 Å². The predicted molar refractivity (Wildman–Crippen MR) is 110 cm³/mol. The van der Waals surface area contributed by atoms with Crippen LogP contribution in [-0.4, -0.2) is 58.1 Å². The average Bonchev–Trinajstić information content (AvgIpc) is 3.19. The van der Waals surface area contributed by atoms with Crippen molar-refractivity contribution in [3.63, 3.8) is 0 Å². The fourth-order valence-corrected chi connectivity index (χ4v) is 2.79. The second-order valence-corrected chi connectivity index (χ2v) is 6.77. The molecule has 1 aromatic rings. The highest BCUT2D eigenvalue weighted by molar-refractivity contribution is 5.79. The highest BCUT2D eigenvalue weighted by atomic mass is 16.5. The van der Waals surface area contributed by atoms with Gasteiger partial charge in [-0.15, -0.1) is 0 Å². The zero-order chi connectivity index (χ0) is 19.2. The third-order valence-electron chi connectivity index (χ3n) is 4.29. The Bertz CT molecular complexity index is 528. The molecule has 1 aliphatic heterocycles. The van der Waals surface area contributed by atoms with Crippen LogP contribution in [0.4, 0.5) is 0 Å². The summed E-state index contributed by atoms with van der Waals surface area (Å²) in [6.07, 6.45) is 4.43. The van der Waals surface area contributed by atoms with Gasteiger partial charge in [0, 0.05) is 39.3 Å². The van der Waals surface area contributed by atoms with Gasteiger partial charge in [-0.3, -0.25) is 4.99 Å². The summed E-state index contributed by atoms with van der Waals surface area (Å²) in [7, 11) is 0. The SMILES string of the molecule is CCNC(=NCCCOc1ccc(C)cc1)NCCCOCC1CCCO1. The fourth-order valence-electron chi connectivity index (χ4n) is 2.79. The van der Waals surface area contributed by atoms with E-state index in [0.717, 1.165) is 76.8 Å². The van der Waals surface area contributed by atoms with Crippen molar-refractivity contribution in [2.45, 2.75) is 45.6 Å². The lowest BCUT2D eigenvalue weighted by molar-refractivity contribution is 0.0168. The van der Waals surface area contributed by atoms with Crippen molar-refractivity contribution in [3.05, 3.63) is 29.8 Å². The van der Waals surface area contributed by atoms with E-state index in [1.54, 1.807) is 0 Å². The number of benzene rings is 1. The van der Waals surface area contributed by atoms with Crippen LogP contribution in [0.2, 0.25) is 0 Å². The van der Waals surface area contributed by atoms with E-state index in [1.807, 2.05) is 12.1 Å². The Hall–Kier alpha value is -1.79. The molecule has 1 atom stereocenters. The number of aliphatic imine (C=N–C) groups is 1. The maximum Gasteiger partial charge on any atom is 0.191 e. The monoisotopic (exact) mass is 377 g/mol. The Kier molecular flexibility index (Phi) is 10.7. The van der Waals surface area contributed by atoms with E-state index >= 15 is 0 Å². The maximum atomic E-state index is 5.73. The summed E-state index contributed by atoms with van der Waals surface area (Å²) in [6.45, 7) is 9.59. The molecule has 6 heteroatoms. The molecule has 152 valence electrons. The number of nitrogens with zero attached hydrogens (tertiary/aromatic N) is 1. The van der Waals surface area contributed by atoms with Gasteiger partial charge in [0.25, 0.3) is 0 Å². The van der Waals surface area contributed by atoms with Crippen molar-refractivity contribution in [2.24, 2.45) is 4.99 Å². The van der Waals surface area contributed by atoms with E-state index in [9.17, 15) is 0 Å². The van der Waals surface area contributed by atoms with Crippen molar-refractivity contribution >= 4 is 5.96 Å². The molecule has 1 unspecified atom stereocenters. The number of rotatable bonds is 12. The molecule has 0 aromatic heterocycles. The first-order valence-corrected chi connectivity index (χ1v) is 10.2. The van der Waals surface area contributed by atoms with E-state index in [-0.39, 0.29) is 0 Å². The Morgan fingerprint density at radius 1 is 1.19 bits per heavy atom. The first-order chi connectivity index (χ1) is 13.3. The second-order valence-electron chi connectivity index (χ2n) is 6.77. The van der Waals surface area contributed by atoms with Crippen LogP contribution in [-0.2, 0) is 9.47 Å². The van der Waals surface area contributed by atoms with Gasteiger partial charge < -0.3 is 24.8 Å². The van der Waals surface area contributed by atoms with Crippen molar-refractivity contribution in [3.8, 4) is 5.75 Å². The minimum atomic E-state index is 0.305. The molecule has 2 N–H and O–H groups in total. The normalized spacial score (nSPS) is 17.1. The van der Waals surface area contributed by atoms with Crippen molar-refractivity contribution < 1.29 is 14.2 Å². The molecule has 1 saturated heterocycles. The highest BCUT2D eigenvalue weighted by Crippen LogP contribution is 2.12. The van der Waals surface area contributed by atoms with Gasteiger partial charge in [-0.05, 0) is 45.2 Å². The molecule has 0 spiro atoms. The highest BCUT2D eigenvalue weighted by Gasteiger charge is 2.14. The molecule has 1 heterocycles. The van der Waals surface area contributed by atoms with Crippen molar-refractivity contribution in [2.75, 3.05) is 46.1 Å². The lowest BCUT2D eigenvalue weighted by atomic mass is 10.2. The number of aryl methyl sites for hydroxylation is 1. The maximum absolute atomic E-state index is 5.73. The Morgan fingerprint density at radius 3 is 2.78 bits per heavy atom. The zero-order valence-corrected chi connectivity index (χ0v) is 16.8. The molecule has 0 radical (unpaired) electrons. The molecule has 2 rings (SSSR count). The van der Waals surface area contributed by atoms with Gasteiger partial charge in [0.05, 0.1) is 19.3 Å². The van der Waals surface area contributed by atoms with Crippen LogP contribution in [0.25, 0.3) is 0 Å².